The van der Waals surface area contributed by atoms with Crippen LogP contribution in [0.2, 0.25) is 0 Å². The second-order valence-corrected chi connectivity index (χ2v) is 5.36. The third-order valence-electron chi connectivity index (χ3n) is 2.50. The summed E-state index contributed by atoms with van der Waals surface area (Å²) in [6.07, 6.45) is 1.39. The lowest BCUT2D eigenvalue weighted by molar-refractivity contribution is -0.155. The summed E-state index contributed by atoms with van der Waals surface area (Å²) in [6, 6.07) is 0.393. The van der Waals surface area contributed by atoms with Gasteiger partial charge in [0.25, 0.3) is 0 Å². The van der Waals surface area contributed by atoms with Crippen LogP contribution in [-0.4, -0.2) is 42.2 Å². The monoisotopic (exact) mass is 273 g/mol. The van der Waals surface area contributed by atoms with Gasteiger partial charge in [-0.15, -0.1) is 0 Å². The van der Waals surface area contributed by atoms with E-state index in [1.807, 2.05) is 13.8 Å². The van der Waals surface area contributed by atoms with E-state index < -0.39 is 17.9 Å². The van der Waals surface area contributed by atoms with Crippen molar-refractivity contribution in [1.82, 2.24) is 5.32 Å². The minimum atomic E-state index is -0.794. The molecule has 1 unspecified atom stereocenters. The molecule has 5 heteroatoms. The Morgan fingerprint density at radius 3 is 2.63 bits per heavy atom. The zero-order chi connectivity index (χ0) is 14.9. The Labute approximate surface area is 116 Å². The summed E-state index contributed by atoms with van der Waals surface area (Å²) >= 11 is 0. The molecule has 112 valence electrons. The molecule has 0 aliphatic carbocycles. The lowest BCUT2D eigenvalue weighted by Crippen LogP contribution is -2.31. The summed E-state index contributed by atoms with van der Waals surface area (Å²) in [7, 11) is 0. The highest BCUT2D eigenvalue weighted by Crippen LogP contribution is 2.15. The maximum Gasteiger partial charge on any atom is 0.330 e. The number of nitrogens with one attached hydrogen (secondary N) is 1. The van der Waals surface area contributed by atoms with Crippen molar-refractivity contribution in [1.29, 1.82) is 0 Å². The summed E-state index contributed by atoms with van der Waals surface area (Å²) in [5.41, 5.74) is -0.624. The molecule has 0 aliphatic heterocycles. The number of aliphatic hydroxyl groups is 1. The van der Waals surface area contributed by atoms with Crippen molar-refractivity contribution in [2.24, 2.45) is 0 Å². The van der Waals surface area contributed by atoms with Crippen LogP contribution in [0.5, 0.6) is 0 Å². The highest BCUT2D eigenvalue weighted by molar-refractivity contribution is 5.81. The van der Waals surface area contributed by atoms with E-state index in [2.05, 4.69) is 11.9 Å². The minimum absolute atomic E-state index is 0.334. The molecule has 0 aromatic heterocycles. The molecule has 0 bridgehead atoms. The van der Waals surface area contributed by atoms with Crippen LogP contribution in [0.25, 0.3) is 0 Å². The molecular weight excluding hydrogens is 246 g/mol. The number of rotatable bonds is 10. The van der Waals surface area contributed by atoms with Gasteiger partial charge in [-0.2, -0.15) is 0 Å². The minimum Gasteiger partial charge on any atom is -0.456 e. The van der Waals surface area contributed by atoms with Crippen molar-refractivity contribution in [3.63, 3.8) is 0 Å². The molecule has 0 aromatic rings. The number of hydrogen-bond donors (Lipinski definition) is 2. The van der Waals surface area contributed by atoms with Crippen molar-refractivity contribution in [3.8, 4) is 0 Å². The predicted molar refractivity (Wildman–Crippen MR) is 74.7 cm³/mol. The van der Waals surface area contributed by atoms with Crippen molar-refractivity contribution in [2.75, 3.05) is 13.2 Å². The number of carbonyl (C=O) groups excluding carboxylic acids is 1. The number of carbonyl (C=O) groups is 1. The van der Waals surface area contributed by atoms with E-state index in [9.17, 15) is 9.90 Å². The van der Waals surface area contributed by atoms with Gasteiger partial charge in [0.15, 0.2) is 6.29 Å². The van der Waals surface area contributed by atoms with E-state index in [0.717, 1.165) is 6.08 Å². The quantitative estimate of drug-likeness (QED) is 0.359. The molecular formula is C14H27NO4. The zero-order valence-electron chi connectivity index (χ0n) is 12.4. The fourth-order valence-corrected chi connectivity index (χ4v) is 1.38. The molecule has 0 saturated carbocycles. The number of hydrogen-bond acceptors (Lipinski definition) is 5. The average Bonchev–Trinajstić information content (AvgIpc) is 2.27. The van der Waals surface area contributed by atoms with Gasteiger partial charge in [-0.25, -0.2) is 4.79 Å². The molecule has 19 heavy (non-hydrogen) atoms. The van der Waals surface area contributed by atoms with Gasteiger partial charge in [0, 0.05) is 31.5 Å². The van der Waals surface area contributed by atoms with Gasteiger partial charge in [-0.3, -0.25) is 0 Å². The first-order valence-electron chi connectivity index (χ1n) is 6.65. The Kier molecular flexibility index (Phi) is 8.63. The Balaban J connectivity index is 3.76. The highest BCUT2D eigenvalue weighted by atomic mass is 16.6. The average molecular weight is 273 g/mol. The van der Waals surface area contributed by atoms with Gasteiger partial charge in [-0.1, -0.05) is 20.4 Å². The summed E-state index contributed by atoms with van der Waals surface area (Å²) < 4.78 is 10.4. The second-order valence-electron chi connectivity index (χ2n) is 5.36. The SMILES string of the molecule is C=CC(=O)OC(C)(C)CCOC(O)CCNC(C)C. The van der Waals surface area contributed by atoms with Crippen LogP contribution >= 0.6 is 0 Å². The predicted octanol–water partition coefficient (Wildman–Crippen LogP) is 1.61. The van der Waals surface area contributed by atoms with E-state index in [0.29, 0.717) is 32.0 Å². The van der Waals surface area contributed by atoms with Crippen LogP contribution < -0.4 is 5.32 Å². The van der Waals surface area contributed by atoms with Crippen LogP contribution in [-0.2, 0) is 14.3 Å². The molecule has 0 aromatic carbocycles. The molecule has 0 radical (unpaired) electrons. The smallest absolute Gasteiger partial charge is 0.330 e. The van der Waals surface area contributed by atoms with E-state index in [4.69, 9.17) is 9.47 Å². The van der Waals surface area contributed by atoms with E-state index in [1.54, 1.807) is 13.8 Å². The maximum absolute atomic E-state index is 11.1. The Hall–Kier alpha value is -0.910. The lowest BCUT2D eigenvalue weighted by atomic mass is 10.1. The van der Waals surface area contributed by atoms with Crippen molar-refractivity contribution >= 4 is 5.97 Å². The molecule has 0 aliphatic rings. The maximum atomic E-state index is 11.1. The molecule has 0 spiro atoms. The van der Waals surface area contributed by atoms with Crippen molar-refractivity contribution in [2.45, 2.75) is 58.5 Å². The van der Waals surface area contributed by atoms with E-state index in [1.165, 1.54) is 0 Å². The van der Waals surface area contributed by atoms with Crippen molar-refractivity contribution in [3.05, 3.63) is 12.7 Å². The first kappa shape index (κ1) is 18.1. The normalized spacial score (nSPS) is 13.4. The number of ether oxygens (including phenoxy) is 2. The van der Waals surface area contributed by atoms with Gasteiger partial charge >= 0.3 is 5.97 Å². The van der Waals surface area contributed by atoms with Gasteiger partial charge < -0.3 is 19.9 Å². The van der Waals surface area contributed by atoms with Gasteiger partial charge in [-0.05, 0) is 13.8 Å². The van der Waals surface area contributed by atoms with Crippen LogP contribution in [0.3, 0.4) is 0 Å². The van der Waals surface area contributed by atoms with Crippen LogP contribution in [0.1, 0.15) is 40.5 Å². The number of esters is 1. The molecule has 5 nitrogen and oxygen atoms in total. The summed E-state index contributed by atoms with van der Waals surface area (Å²) in [6.45, 7) is 12.1. The fraction of sp³-hybridized carbons (Fsp3) is 0.786. The molecule has 2 N–H and O–H groups in total. The first-order valence-corrected chi connectivity index (χ1v) is 6.65. The first-order chi connectivity index (χ1) is 8.76. The van der Waals surface area contributed by atoms with Crippen LogP contribution in [0, 0.1) is 0 Å². The largest absolute Gasteiger partial charge is 0.456 e. The molecule has 0 amide bonds. The third-order valence-corrected chi connectivity index (χ3v) is 2.50. The third kappa shape index (κ3) is 10.7. The number of aliphatic hydroxyl groups excluding tert-OH is 1. The standard InChI is InChI=1S/C14H27NO4/c1-6-12(16)19-14(4,5)8-10-18-13(17)7-9-15-11(2)3/h6,11,13,15,17H,1,7-10H2,2-5H3. The topological polar surface area (TPSA) is 67.8 Å². The summed E-state index contributed by atoms with van der Waals surface area (Å²) in [5, 5.41) is 12.8. The highest BCUT2D eigenvalue weighted by Gasteiger charge is 2.21. The van der Waals surface area contributed by atoms with E-state index >= 15 is 0 Å². The Morgan fingerprint density at radius 2 is 2.11 bits per heavy atom. The van der Waals surface area contributed by atoms with E-state index in [-0.39, 0.29) is 0 Å². The lowest BCUT2D eigenvalue weighted by Gasteiger charge is -2.25. The fourth-order valence-electron chi connectivity index (χ4n) is 1.38. The molecule has 1 atom stereocenters. The van der Waals surface area contributed by atoms with Crippen LogP contribution in [0.4, 0.5) is 0 Å². The second kappa shape index (κ2) is 9.07. The Bertz CT molecular complexity index is 277. The zero-order valence-corrected chi connectivity index (χ0v) is 12.4. The van der Waals surface area contributed by atoms with Crippen molar-refractivity contribution < 1.29 is 19.4 Å². The van der Waals surface area contributed by atoms with Gasteiger partial charge in [0.05, 0.1) is 6.61 Å². The molecule has 0 heterocycles. The summed E-state index contributed by atoms with van der Waals surface area (Å²) in [4.78, 5) is 11.1. The van der Waals surface area contributed by atoms with Gasteiger partial charge in [0.2, 0.25) is 0 Å². The Morgan fingerprint density at radius 1 is 1.47 bits per heavy atom. The molecule has 0 rings (SSSR count). The molecule has 0 fully saturated rings. The van der Waals surface area contributed by atoms with Crippen LogP contribution in [0.15, 0.2) is 12.7 Å². The molecule has 0 saturated heterocycles. The summed E-state index contributed by atoms with van der Waals surface area (Å²) in [5.74, 6) is -0.452. The van der Waals surface area contributed by atoms with Gasteiger partial charge in [0.1, 0.15) is 5.60 Å².